The molecule has 0 spiro atoms. The van der Waals surface area contributed by atoms with Crippen LogP contribution in [0.25, 0.3) is 0 Å². The van der Waals surface area contributed by atoms with Crippen molar-refractivity contribution in [1.82, 2.24) is 15.1 Å². The molecule has 0 radical (unpaired) electrons. The quantitative estimate of drug-likeness (QED) is 0.883. The average Bonchev–Trinajstić information content (AvgIpc) is 2.66. The number of carbonyl (C=O) groups is 1. The number of hydrogen-bond acceptors (Lipinski definition) is 3. The van der Waals surface area contributed by atoms with Gasteiger partial charge in [-0.15, -0.1) is 0 Å². The van der Waals surface area contributed by atoms with Crippen LogP contribution in [0.4, 0.5) is 0 Å². The molecule has 0 unspecified atom stereocenters. The highest BCUT2D eigenvalue weighted by Gasteiger charge is 2.24. The van der Waals surface area contributed by atoms with Gasteiger partial charge in [-0.2, -0.15) is 0 Å². The van der Waals surface area contributed by atoms with Crippen LogP contribution < -0.4 is 5.32 Å². The predicted octanol–water partition coefficient (Wildman–Crippen LogP) is 3.33. The molecule has 4 nitrogen and oxygen atoms in total. The number of piperazine rings is 1. The number of nitrogens with one attached hydrogen (secondary N) is 1. The van der Waals surface area contributed by atoms with Gasteiger partial charge in [0.05, 0.1) is 6.04 Å². The Morgan fingerprint density at radius 3 is 2.26 bits per heavy atom. The molecule has 1 amide bonds. The van der Waals surface area contributed by atoms with E-state index < -0.39 is 0 Å². The SMILES string of the molecule is Cc1ccc([C@H](CNC(=O)c2ccc(C)c(C)c2)N2CCN(C)CC2)cc1. The molecule has 144 valence electrons. The van der Waals surface area contributed by atoms with Crippen LogP contribution in [0, 0.1) is 20.8 Å². The van der Waals surface area contributed by atoms with Gasteiger partial charge in [0.1, 0.15) is 0 Å². The molecule has 27 heavy (non-hydrogen) atoms. The van der Waals surface area contributed by atoms with E-state index in [0.29, 0.717) is 6.54 Å². The zero-order valence-corrected chi connectivity index (χ0v) is 17.0. The van der Waals surface area contributed by atoms with Crippen LogP contribution >= 0.6 is 0 Å². The van der Waals surface area contributed by atoms with Gasteiger partial charge in [-0.05, 0) is 56.6 Å². The minimum atomic E-state index is 0.00402. The van der Waals surface area contributed by atoms with Crippen molar-refractivity contribution in [3.63, 3.8) is 0 Å². The van der Waals surface area contributed by atoms with Gasteiger partial charge in [0.2, 0.25) is 0 Å². The van der Waals surface area contributed by atoms with Gasteiger partial charge in [0, 0.05) is 38.3 Å². The van der Waals surface area contributed by atoms with Gasteiger partial charge in [0.25, 0.3) is 5.91 Å². The van der Waals surface area contributed by atoms with E-state index in [2.05, 4.69) is 60.3 Å². The van der Waals surface area contributed by atoms with Crippen LogP contribution in [0.5, 0.6) is 0 Å². The summed E-state index contributed by atoms with van der Waals surface area (Å²) in [5.41, 5.74) is 5.62. The molecule has 1 aliphatic rings. The number of carbonyl (C=O) groups excluding carboxylic acids is 1. The van der Waals surface area contributed by atoms with Crippen molar-refractivity contribution in [3.05, 3.63) is 70.3 Å². The van der Waals surface area contributed by atoms with Crippen LogP contribution in [-0.2, 0) is 0 Å². The minimum Gasteiger partial charge on any atom is -0.350 e. The van der Waals surface area contributed by atoms with Gasteiger partial charge in [-0.1, -0.05) is 35.9 Å². The largest absolute Gasteiger partial charge is 0.350 e. The minimum absolute atomic E-state index is 0.00402. The molecule has 2 aromatic carbocycles. The van der Waals surface area contributed by atoms with E-state index in [1.54, 1.807) is 0 Å². The molecule has 0 aliphatic carbocycles. The highest BCUT2D eigenvalue weighted by Crippen LogP contribution is 2.22. The first-order chi connectivity index (χ1) is 12.9. The number of likely N-dealkylation sites (N-methyl/N-ethyl adjacent to an activating group) is 1. The Hall–Kier alpha value is -2.17. The normalized spacial score (nSPS) is 16.9. The lowest BCUT2D eigenvalue weighted by Crippen LogP contribution is -2.48. The molecule has 0 aromatic heterocycles. The van der Waals surface area contributed by atoms with Gasteiger partial charge in [-0.25, -0.2) is 0 Å². The van der Waals surface area contributed by atoms with Crippen molar-refractivity contribution < 1.29 is 4.79 Å². The number of rotatable bonds is 5. The lowest BCUT2D eigenvalue weighted by Gasteiger charge is -2.38. The second-order valence-corrected chi connectivity index (χ2v) is 7.77. The number of nitrogens with zero attached hydrogens (tertiary/aromatic N) is 2. The fourth-order valence-corrected chi connectivity index (χ4v) is 3.55. The third kappa shape index (κ3) is 4.96. The summed E-state index contributed by atoms with van der Waals surface area (Å²) in [6.07, 6.45) is 0. The Kier molecular flexibility index (Phi) is 6.30. The number of benzene rings is 2. The summed E-state index contributed by atoms with van der Waals surface area (Å²) < 4.78 is 0. The summed E-state index contributed by atoms with van der Waals surface area (Å²) in [6.45, 7) is 11.0. The molecule has 3 rings (SSSR count). The summed E-state index contributed by atoms with van der Waals surface area (Å²) in [5, 5.41) is 3.17. The van der Waals surface area contributed by atoms with Crippen molar-refractivity contribution >= 4 is 5.91 Å². The van der Waals surface area contributed by atoms with Gasteiger partial charge in [0.15, 0.2) is 0 Å². The zero-order chi connectivity index (χ0) is 19.4. The fraction of sp³-hybridized carbons (Fsp3) is 0.435. The van der Waals surface area contributed by atoms with Crippen molar-refractivity contribution in [2.24, 2.45) is 0 Å². The number of hydrogen-bond donors (Lipinski definition) is 1. The molecule has 1 N–H and O–H groups in total. The third-order valence-corrected chi connectivity index (χ3v) is 5.67. The standard InChI is InChI=1S/C23H31N3O/c1-17-5-8-20(9-6-17)22(26-13-11-25(4)12-14-26)16-24-23(27)21-10-7-18(2)19(3)15-21/h5-10,15,22H,11-14,16H2,1-4H3,(H,24,27)/t22-/m0/s1. The molecular weight excluding hydrogens is 334 g/mol. The van der Waals surface area contributed by atoms with Crippen molar-refractivity contribution in [2.75, 3.05) is 39.8 Å². The van der Waals surface area contributed by atoms with Crippen molar-refractivity contribution in [1.29, 1.82) is 0 Å². The van der Waals surface area contributed by atoms with Crippen molar-refractivity contribution in [3.8, 4) is 0 Å². The van der Waals surface area contributed by atoms with E-state index in [4.69, 9.17) is 0 Å². The van der Waals surface area contributed by atoms with E-state index in [9.17, 15) is 4.79 Å². The lowest BCUT2D eigenvalue weighted by atomic mass is 10.0. The smallest absolute Gasteiger partial charge is 0.251 e. The molecule has 1 saturated heterocycles. The molecule has 1 fully saturated rings. The Bertz CT molecular complexity index is 777. The molecule has 0 bridgehead atoms. The Morgan fingerprint density at radius 2 is 1.63 bits per heavy atom. The second-order valence-electron chi connectivity index (χ2n) is 7.77. The molecule has 0 saturated carbocycles. The van der Waals surface area contributed by atoms with Crippen LogP contribution in [0.3, 0.4) is 0 Å². The van der Waals surface area contributed by atoms with E-state index in [1.165, 1.54) is 16.7 Å². The van der Waals surface area contributed by atoms with Gasteiger partial charge < -0.3 is 10.2 Å². The molecule has 1 aliphatic heterocycles. The maximum Gasteiger partial charge on any atom is 0.251 e. The maximum atomic E-state index is 12.7. The Labute approximate surface area is 163 Å². The molecular formula is C23H31N3O. The van der Waals surface area contributed by atoms with Gasteiger partial charge >= 0.3 is 0 Å². The Morgan fingerprint density at radius 1 is 0.963 bits per heavy atom. The first-order valence-corrected chi connectivity index (χ1v) is 9.78. The molecule has 4 heteroatoms. The van der Waals surface area contributed by atoms with E-state index in [-0.39, 0.29) is 11.9 Å². The maximum absolute atomic E-state index is 12.7. The second kappa shape index (κ2) is 8.68. The molecule has 2 aromatic rings. The number of aryl methyl sites for hydroxylation is 3. The summed E-state index contributed by atoms with van der Waals surface area (Å²) >= 11 is 0. The third-order valence-electron chi connectivity index (χ3n) is 5.67. The average molecular weight is 366 g/mol. The zero-order valence-electron chi connectivity index (χ0n) is 17.0. The predicted molar refractivity (Wildman–Crippen MR) is 111 cm³/mol. The van der Waals surface area contributed by atoms with Gasteiger partial charge in [-0.3, -0.25) is 9.69 Å². The lowest BCUT2D eigenvalue weighted by molar-refractivity contribution is 0.0886. The monoisotopic (exact) mass is 365 g/mol. The number of amides is 1. The van der Waals surface area contributed by atoms with E-state index in [0.717, 1.165) is 37.3 Å². The van der Waals surface area contributed by atoms with Crippen LogP contribution in [0.15, 0.2) is 42.5 Å². The van der Waals surface area contributed by atoms with Crippen molar-refractivity contribution in [2.45, 2.75) is 26.8 Å². The van der Waals surface area contributed by atoms with Crippen LogP contribution in [-0.4, -0.2) is 55.5 Å². The van der Waals surface area contributed by atoms with E-state index >= 15 is 0 Å². The fourth-order valence-electron chi connectivity index (χ4n) is 3.55. The summed E-state index contributed by atoms with van der Waals surface area (Å²) in [7, 11) is 2.17. The molecule has 1 heterocycles. The Balaban J connectivity index is 1.73. The summed E-state index contributed by atoms with van der Waals surface area (Å²) in [4.78, 5) is 17.5. The topological polar surface area (TPSA) is 35.6 Å². The summed E-state index contributed by atoms with van der Waals surface area (Å²) in [6, 6.07) is 14.8. The first-order valence-electron chi connectivity index (χ1n) is 9.78. The first kappa shape index (κ1) is 19.6. The highest BCUT2D eigenvalue weighted by atomic mass is 16.1. The van der Waals surface area contributed by atoms with Crippen LogP contribution in [0.2, 0.25) is 0 Å². The van der Waals surface area contributed by atoms with E-state index in [1.807, 2.05) is 25.1 Å². The van der Waals surface area contributed by atoms with Crippen LogP contribution in [0.1, 0.15) is 38.7 Å². The highest BCUT2D eigenvalue weighted by molar-refractivity contribution is 5.94. The molecule has 1 atom stereocenters. The summed E-state index contributed by atoms with van der Waals surface area (Å²) in [5.74, 6) is 0.00402.